The molecule has 1 atom stereocenters. The minimum atomic E-state index is -1.27. The molecule has 0 fully saturated rings. The van der Waals surface area contributed by atoms with Gasteiger partial charge in [-0.15, -0.1) is 0 Å². The van der Waals surface area contributed by atoms with Crippen LogP contribution in [-0.4, -0.2) is 35.9 Å². The number of ether oxygens (including phenoxy) is 2. The molecule has 0 saturated carbocycles. The first-order valence-electron chi connectivity index (χ1n) is 9.69. The first kappa shape index (κ1) is 24.1. The zero-order chi connectivity index (χ0) is 23.3. The molecule has 0 spiro atoms. The van der Waals surface area contributed by atoms with Crippen LogP contribution in [0.3, 0.4) is 0 Å². The van der Waals surface area contributed by atoms with Crippen molar-refractivity contribution in [3.05, 3.63) is 39.8 Å². The van der Waals surface area contributed by atoms with Gasteiger partial charge in [-0.3, -0.25) is 4.79 Å². The number of carboxylic acid groups (broad SMARTS) is 1. The number of carbonyl (C=O) groups excluding carboxylic acids is 1. The molecule has 10 heteroatoms. The highest BCUT2D eigenvalue weighted by atomic mass is 19.1. The third-order valence-electron chi connectivity index (χ3n) is 4.22. The number of benzene rings is 1. The number of hydrogen-bond acceptors (Lipinski definition) is 6. The number of carboxylic acids is 1. The van der Waals surface area contributed by atoms with Crippen LogP contribution >= 0.6 is 0 Å². The Balaban J connectivity index is 2.02. The van der Waals surface area contributed by atoms with Crippen LogP contribution in [0.4, 0.5) is 13.6 Å². The van der Waals surface area contributed by atoms with Gasteiger partial charge in [0.25, 0.3) is 0 Å². The summed E-state index contributed by atoms with van der Waals surface area (Å²) in [6.07, 6.45) is 0.291. The lowest BCUT2D eigenvalue weighted by molar-refractivity contribution is -0.138. The second-order valence-corrected chi connectivity index (χ2v) is 7.95. The van der Waals surface area contributed by atoms with E-state index in [4.69, 9.17) is 19.0 Å². The number of halogens is 2. The van der Waals surface area contributed by atoms with E-state index >= 15 is 0 Å². The van der Waals surface area contributed by atoms with E-state index in [2.05, 4.69) is 5.32 Å². The molecular weight excluding hydrogens is 416 g/mol. The summed E-state index contributed by atoms with van der Waals surface area (Å²) in [5.74, 6) is -5.37. The van der Waals surface area contributed by atoms with Gasteiger partial charge >= 0.3 is 17.7 Å². The smallest absolute Gasteiger partial charge is 0.407 e. The van der Waals surface area contributed by atoms with Crippen LogP contribution in [0.5, 0.6) is 5.75 Å². The van der Waals surface area contributed by atoms with Crippen LogP contribution < -0.4 is 15.7 Å². The molecule has 2 N–H and O–H groups in total. The molecule has 1 aromatic carbocycles. The lowest BCUT2D eigenvalue weighted by Gasteiger charge is -2.19. The van der Waals surface area contributed by atoms with Gasteiger partial charge in [0.15, 0.2) is 17.1 Å². The van der Waals surface area contributed by atoms with Crippen LogP contribution in [0.1, 0.15) is 52.0 Å². The topological polar surface area (TPSA) is 115 Å². The molecule has 1 aromatic heterocycles. The van der Waals surface area contributed by atoms with Gasteiger partial charge < -0.3 is 24.3 Å². The van der Waals surface area contributed by atoms with Crippen LogP contribution in [0.15, 0.2) is 21.3 Å². The Bertz CT molecular complexity index is 1030. The Labute approximate surface area is 177 Å². The van der Waals surface area contributed by atoms with Gasteiger partial charge in [-0.1, -0.05) is 0 Å². The fraction of sp³-hybridized carbons (Fsp3) is 0.476. The summed E-state index contributed by atoms with van der Waals surface area (Å²) in [5.41, 5.74) is -2.37. The van der Waals surface area contributed by atoms with Crippen LogP contribution in [-0.2, 0) is 9.53 Å². The van der Waals surface area contributed by atoms with Crippen molar-refractivity contribution in [2.75, 3.05) is 13.2 Å². The van der Waals surface area contributed by atoms with Crippen molar-refractivity contribution in [2.24, 2.45) is 0 Å². The fourth-order valence-corrected chi connectivity index (χ4v) is 2.66. The summed E-state index contributed by atoms with van der Waals surface area (Å²) >= 11 is 0. The van der Waals surface area contributed by atoms with Crippen molar-refractivity contribution >= 4 is 23.0 Å². The molecule has 0 aliphatic heterocycles. The number of nitrogens with one attached hydrogen (secondary N) is 1. The number of alkyl carbamates (subject to hydrolysis) is 1. The Morgan fingerprint density at radius 3 is 2.52 bits per heavy atom. The number of aliphatic carboxylic acids is 1. The number of hydrogen-bond donors (Lipinski definition) is 2. The van der Waals surface area contributed by atoms with E-state index in [1.54, 1.807) is 20.8 Å². The van der Waals surface area contributed by atoms with Gasteiger partial charge in [-0.25, -0.2) is 14.0 Å². The molecule has 170 valence electrons. The SMILES string of the molecule is CC(C(=O)O)c1cc2cc(F)c(OCCCCNC(=O)OC(C)(C)C)c(F)c2oc1=O. The molecule has 1 heterocycles. The average Bonchev–Trinajstić information content (AvgIpc) is 2.65. The zero-order valence-corrected chi connectivity index (χ0v) is 17.7. The summed E-state index contributed by atoms with van der Waals surface area (Å²) < 4.78 is 44.1. The Hall–Kier alpha value is -3.17. The van der Waals surface area contributed by atoms with Gasteiger partial charge in [0.2, 0.25) is 5.82 Å². The Morgan fingerprint density at radius 2 is 1.90 bits per heavy atom. The average molecular weight is 441 g/mol. The van der Waals surface area contributed by atoms with E-state index in [0.29, 0.717) is 19.4 Å². The molecule has 1 amide bonds. The third kappa shape index (κ3) is 6.40. The fourth-order valence-electron chi connectivity index (χ4n) is 2.66. The Kier molecular flexibility index (Phi) is 7.59. The second kappa shape index (κ2) is 9.76. The molecule has 0 aliphatic rings. The van der Waals surface area contributed by atoms with E-state index in [9.17, 15) is 23.2 Å². The van der Waals surface area contributed by atoms with Crippen LogP contribution in [0, 0.1) is 11.6 Å². The van der Waals surface area contributed by atoms with E-state index < -0.39 is 52.2 Å². The highest BCUT2D eigenvalue weighted by molar-refractivity contribution is 5.82. The minimum absolute atomic E-state index is 0.0479. The number of carbonyl (C=O) groups is 2. The van der Waals surface area contributed by atoms with Gasteiger partial charge in [0.05, 0.1) is 18.1 Å². The quantitative estimate of drug-likeness (QED) is 0.471. The molecule has 31 heavy (non-hydrogen) atoms. The summed E-state index contributed by atoms with van der Waals surface area (Å²) in [6.45, 7) is 6.73. The number of rotatable bonds is 8. The van der Waals surface area contributed by atoms with Gasteiger partial charge in [-0.05, 0) is 52.7 Å². The second-order valence-electron chi connectivity index (χ2n) is 7.95. The monoisotopic (exact) mass is 441 g/mol. The maximum absolute atomic E-state index is 14.7. The molecule has 0 aliphatic carbocycles. The van der Waals surface area contributed by atoms with Crippen LogP contribution in [0.25, 0.3) is 11.0 Å². The van der Waals surface area contributed by atoms with Crippen molar-refractivity contribution in [3.8, 4) is 5.75 Å². The zero-order valence-electron chi connectivity index (χ0n) is 17.7. The molecule has 2 rings (SSSR count). The van der Waals surface area contributed by atoms with Crippen LogP contribution in [0.2, 0.25) is 0 Å². The Morgan fingerprint density at radius 1 is 1.23 bits per heavy atom. The van der Waals surface area contributed by atoms with Gasteiger partial charge in [0.1, 0.15) is 5.60 Å². The summed E-state index contributed by atoms with van der Waals surface area (Å²) in [4.78, 5) is 34.6. The van der Waals surface area contributed by atoms with Crippen molar-refractivity contribution in [3.63, 3.8) is 0 Å². The largest absolute Gasteiger partial charge is 0.488 e. The standard InChI is InChI=1S/C21H25F2NO7/c1-11(18(25)26)13-9-12-10-14(22)17(15(23)16(12)30-19(13)27)29-8-6-5-7-24-20(28)31-21(2,3)4/h9-11H,5-8H2,1-4H3,(H,24,28)(H,25,26). The maximum atomic E-state index is 14.7. The highest BCUT2D eigenvalue weighted by Crippen LogP contribution is 2.30. The van der Waals surface area contributed by atoms with Crippen molar-refractivity contribution in [1.29, 1.82) is 0 Å². The van der Waals surface area contributed by atoms with E-state index in [0.717, 1.165) is 12.1 Å². The molecule has 0 saturated heterocycles. The number of unbranched alkanes of at least 4 members (excludes halogenated alkanes) is 1. The molecule has 0 bridgehead atoms. The number of amides is 1. The molecule has 8 nitrogen and oxygen atoms in total. The van der Waals surface area contributed by atoms with Gasteiger partial charge in [0, 0.05) is 11.9 Å². The highest BCUT2D eigenvalue weighted by Gasteiger charge is 2.23. The summed E-state index contributed by atoms with van der Waals surface area (Å²) in [7, 11) is 0. The maximum Gasteiger partial charge on any atom is 0.407 e. The summed E-state index contributed by atoms with van der Waals surface area (Å²) in [5, 5.41) is 11.5. The molecular formula is C21H25F2NO7. The lowest BCUT2D eigenvalue weighted by atomic mass is 10.0. The van der Waals surface area contributed by atoms with Crippen molar-refractivity contribution in [1.82, 2.24) is 5.32 Å². The third-order valence-corrected chi connectivity index (χ3v) is 4.22. The first-order chi connectivity index (χ1) is 14.4. The van der Waals surface area contributed by atoms with Crippen molar-refractivity contribution in [2.45, 2.75) is 52.1 Å². The molecule has 0 radical (unpaired) electrons. The normalized spacial score (nSPS) is 12.5. The van der Waals surface area contributed by atoms with Crippen molar-refractivity contribution < 1.29 is 37.4 Å². The predicted octanol–water partition coefficient (Wildman–Crippen LogP) is 3.94. The lowest BCUT2D eigenvalue weighted by Crippen LogP contribution is -2.33. The summed E-state index contributed by atoms with van der Waals surface area (Å²) in [6, 6.07) is 2.01. The minimum Gasteiger partial charge on any atom is -0.488 e. The van der Waals surface area contributed by atoms with Gasteiger partial charge in [-0.2, -0.15) is 4.39 Å². The predicted molar refractivity (Wildman–Crippen MR) is 107 cm³/mol. The van der Waals surface area contributed by atoms with E-state index in [1.165, 1.54) is 6.92 Å². The first-order valence-corrected chi connectivity index (χ1v) is 9.69. The van der Waals surface area contributed by atoms with E-state index in [-0.39, 0.29) is 17.6 Å². The number of fused-ring (bicyclic) bond motifs is 1. The van der Waals surface area contributed by atoms with E-state index in [1.807, 2.05) is 0 Å². The molecule has 1 unspecified atom stereocenters. The molecule has 2 aromatic rings.